The molecule has 6 nitrogen and oxygen atoms in total. The van der Waals surface area contributed by atoms with Gasteiger partial charge in [-0.15, -0.1) is 0 Å². The van der Waals surface area contributed by atoms with E-state index >= 15 is 0 Å². The largest absolute Gasteiger partial charge is 0.345 e. The van der Waals surface area contributed by atoms with Gasteiger partial charge in [0.2, 0.25) is 6.29 Å². The van der Waals surface area contributed by atoms with E-state index in [0.717, 1.165) is 5.56 Å². The molecule has 0 aliphatic carbocycles. The highest BCUT2D eigenvalue weighted by Crippen LogP contribution is 2.17. The number of rotatable bonds is 7. The quantitative estimate of drug-likeness (QED) is 0.713. The van der Waals surface area contributed by atoms with Gasteiger partial charge >= 0.3 is 0 Å². The van der Waals surface area contributed by atoms with Crippen LogP contribution in [0.2, 0.25) is 0 Å². The molecule has 2 heterocycles. The summed E-state index contributed by atoms with van der Waals surface area (Å²) < 4.78 is 16.0. The van der Waals surface area contributed by atoms with Crippen LogP contribution in [0.25, 0.3) is 0 Å². The van der Waals surface area contributed by atoms with E-state index in [-0.39, 0.29) is 0 Å². The predicted molar refractivity (Wildman–Crippen MR) is 67.3 cm³/mol. The molecule has 0 saturated carbocycles. The van der Waals surface area contributed by atoms with Crippen LogP contribution in [0.1, 0.15) is 37.4 Å². The molecule has 0 N–H and O–H groups in total. The molecule has 0 radical (unpaired) electrons. The Labute approximate surface area is 111 Å². The van der Waals surface area contributed by atoms with Crippen molar-refractivity contribution >= 4 is 0 Å². The summed E-state index contributed by atoms with van der Waals surface area (Å²) in [5, 5.41) is 3.93. The van der Waals surface area contributed by atoms with Crippen molar-refractivity contribution in [3.63, 3.8) is 0 Å². The van der Waals surface area contributed by atoms with Crippen LogP contribution in [-0.4, -0.2) is 28.3 Å². The van der Waals surface area contributed by atoms with E-state index in [4.69, 9.17) is 14.0 Å². The lowest BCUT2D eigenvalue weighted by Gasteiger charge is -2.11. The molecule has 0 fully saturated rings. The molecule has 0 amide bonds. The zero-order chi connectivity index (χ0) is 13.5. The number of aromatic nitrogens is 3. The van der Waals surface area contributed by atoms with Crippen molar-refractivity contribution < 1.29 is 14.0 Å². The summed E-state index contributed by atoms with van der Waals surface area (Å²) in [5.41, 5.74) is 1.08. The Morgan fingerprint density at radius 1 is 1.16 bits per heavy atom. The Kier molecular flexibility index (Phi) is 5.00. The second-order valence-corrected chi connectivity index (χ2v) is 3.82. The molecule has 102 valence electrons. The van der Waals surface area contributed by atoms with Crippen LogP contribution in [0, 0.1) is 0 Å². The molecule has 0 aliphatic rings. The highest BCUT2D eigenvalue weighted by molar-refractivity contribution is 5.14. The summed E-state index contributed by atoms with van der Waals surface area (Å²) >= 11 is 0. The molecule has 2 rings (SSSR count). The van der Waals surface area contributed by atoms with Gasteiger partial charge < -0.3 is 14.0 Å². The zero-order valence-electron chi connectivity index (χ0n) is 11.1. The van der Waals surface area contributed by atoms with Crippen molar-refractivity contribution in [1.29, 1.82) is 0 Å². The lowest BCUT2D eigenvalue weighted by atomic mass is 10.2. The number of hydrogen-bond acceptors (Lipinski definition) is 6. The van der Waals surface area contributed by atoms with Crippen molar-refractivity contribution in [2.75, 3.05) is 13.2 Å². The van der Waals surface area contributed by atoms with Gasteiger partial charge in [-0.05, 0) is 31.5 Å². The van der Waals surface area contributed by atoms with Gasteiger partial charge in [-0.25, -0.2) is 0 Å². The molecule has 0 aromatic carbocycles. The molecule has 0 bridgehead atoms. The van der Waals surface area contributed by atoms with Crippen LogP contribution in [-0.2, 0) is 15.9 Å². The van der Waals surface area contributed by atoms with E-state index in [0.29, 0.717) is 31.3 Å². The maximum Gasteiger partial charge on any atom is 0.283 e. The minimum Gasteiger partial charge on any atom is -0.345 e. The van der Waals surface area contributed by atoms with Gasteiger partial charge in [-0.2, -0.15) is 4.98 Å². The molecule has 0 spiro atoms. The second-order valence-electron chi connectivity index (χ2n) is 3.82. The molecule has 0 saturated heterocycles. The van der Waals surface area contributed by atoms with Gasteiger partial charge in [-0.3, -0.25) is 4.98 Å². The van der Waals surface area contributed by atoms with Gasteiger partial charge in [0.15, 0.2) is 5.82 Å². The maximum atomic E-state index is 5.40. The minimum absolute atomic E-state index is 0.354. The van der Waals surface area contributed by atoms with Gasteiger partial charge in [0, 0.05) is 32.0 Å². The minimum atomic E-state index is -0.589. The summed E-state index contributed by atoms with van der Waals surface area (Å²) in [6.45, 7) is 4.82. The summed E-state index contributed by atoms with van der Waals surface area (Å²) in [6, 6.07) is 3.83. The van der Waals surface area contributed by atoms with E-state index in [9.17, 15) is 0 Å². The Bertz CT molecular complexity index is 481. The molecule has 0 unspecified atom stereocenters. The van der Waals surface area contributed by atoms with Crippen LogP contribution in [0.5, 0.6) is 0 Å². The molecule has 0 atom stereocenters. The summed E-state index contributed by atoms with van der Waals surface area (Å²) in [6.07, 6.45) is 3.48. The Hall–Kier alpha value is -1.79. The molecule has 6 heteroatoms. The van der Waals surface area contributed by atoms with Gasteiger partial charge in [-0.1, -0.05) is 5.16 Å². The topological polar surface area (TPSA) is 70.3 Å². The van der Waals surface area contributed by atoms with Crippen molar-refractivity contribution in [2.45, 2.75) is 26.6 Å². The fourth-order valence-electron chi connectivity index (χ4n) is 1.61. The number of pyridine rings is 1. The second kappa shape index (κ2) is 6.96. The van der Waals surface area contributed by atoms with Crippen LogP contribution in [0.15, 0.2) is 29.0 Å². The number of ether oxygens (including phenoxy) is 2. The average molecular weight is 263 g/mol. The van der Waals surface area contributed by atoms with E-state index in [1.807, 2.05) is 26.0 Å². The molecule has 2 aromatic rings. The Balaban J connectivity index is 2.05. The molecular formula is C13H17N3O3. The first-order chi connectivity index (χ1) is 9.33. The van der Waals surface area contributed by atoms with E-state index in [1.165, 1.54) is 0 Å². The highest BCUT2D eigenvalue weighted by Gasteiger charge is 2.19. The first kappa shape index (κ1) is 13.6. The zero-order valence-corrected chi connectivity index (χ0v) is 11.1. The fourth-order valence-corrected chi connectivity index (χ4v) is 1.61. The number of hydrogen-bond donors (Lipinski definition) is 0. The predicted octanol–water partition coefficient (Wildman–Crippen LogP) is 2.13. The molecule has 0 aliphatic heterocycles. The number of nitrogens with zero attached hydrogens (tertiary/aromatic N) is 3. The Morgan fingerprint density at radius 2 is 1.84 bits per heavy atom. The SMILES string of the molecule is CCOC(OCC)c1nc(Cc2ccncc2)no1. The van der Waals surface area contributed by atoms with Crippen LogP contribution in [0.4, 0.5) is 0 Å². The first-order valence-corrected chi connectivity index (χ1v) is 6.28. The van der Waals surface area contributed by atoms with Crippen LogP contribution in [0.3, 0.4) is 0 Å². The molecular weight excluding hydrogens is 246 g/mol. The lowest BCUT2D eigenvalue weighted by Crippen LogP contribution is -2.09. The highest BCUT2D eigenvalue weighted by atomic mass is 16.7. The summed E-state index contributed by atoms with van der Waals surface area (Å²) in [7, 11) is 0. The normalized spacial score (nSPS) is 11.1. The third-order valence-corrected chi connectivity index (χ3v) is 2.43. The average Bonchev–Trinajstić information content (AvgIpc) is 2.88. The third kappa shape index (κ3) is 3.84. The molecule has 2 aromatic heterocycles. The van der Waals surface area contributed by atoms with E-state index in [2.05, 4.69) is 15.1 Å². The fraction of sp³-hybridized carbons (Fsp3) is 0.462. The summed E-state index contributed by atoms with van der Waals surface area (Å²) in [4.78, 5) is 8.26. The maximum absolute atomic E-state index is 5.40. The van der Waals surface area contributed by atoms with Crippen molar-refractivity contribution in [3.05, 3.63) is 41.8 Å². The van der Waals surface area contributed by atoms with Gasteiger partial charge in [0.05, 0.1) is 0 Å². The van der Waals surface area contributed by atoms with E-state index < -0.39 is 6.29 Å². The van der Waals surface area contributed by atoms with Gasteiger partial charge in [0.1, 0.15) is 0 Å². The first-order valence-electron chi connectivity index (χ1n) is 6.28. The van der Waals surface area contributed by atoms with Gasteiger partial charge in [0.25, 0.3) is 5.89 Å². The Morgan fingerprint density at radius 3 is 2.47 bits per heavy atom. The molecule has 19 heavy (non-hydrogen) atoms. The van der Waals surface area contributed by atoms with Crippen molar-refractivity contribution in [1.82, 2.24) is 15.1 Å². The summed E-state index contributed by atoms with van der Waals surface area (Å²) in [5.74, 6) is 0.957. The van der Waals surface area contributed by atoms with Crippen molar-refractivity contribution in [2.24, 2.45) is 0 Å². The van der Waals surface area contributed by atoms with Crippen LogP contribution < -0.4 is 0 Å². The third-order valence-electron chi connectivity index (χ3n) is 2.43. The standard InChI is InChI=1S/C13H17N3O3/c1-3-17-13(18-4-2)12-15-11(16-19-12)9-10-5-7-14-8-6-10/h5-8,13H,3-4,9H2,1-2H3. The van der Waals surface area contributed by atoms with Crippen molar-refractivity contribution in [3.8, 4) is 0 Å². The monoisotopic (exact) mass is 263 g/mol. The van der Waals surface area contributed by atoms with E-state index in [1.54, 1.807) is 12.4 Å². The van der Waals surface area contributed by atoms with Crippen LogP contribution >= 0.6 is 0 Å². The lowest BCUT2D eigenvalue weighted by molar-refractivity contribution is -0.155. The smallest absolute Gasteiger partial charge is 0.283 e.